The Balaban J connectivity index is 1.47. The third-order valence-electron chi connectivity index (χ3n) is 6.02. The summed E-state index contributed by atoms with van der Waals surface area (Å²) < 4.78 is 15.1. The lowest BCUT2D eigenvalue weighted by Crippen LogP contribution is -2.11. The molecule has 0 fully saturated rings. The molecule has 0 aliphatic carbocycles. The molecule has 172 valence electrons. The number of rotatable bonds is 7. The molecular formula is C27H31FN4O. The minimum atomic E-state index is -0.183. The van der Waals surface area contributed by atoms with E-state index in [-0.39, 0.29) is 16.8 Å². The van der Waals surface area contributed by atoms with Crippen molar-refractivity contribution in [1.82, 2.24) is 19.6 Å². The first kappa shape index (κ1) is 22.9. The number of hydrogen-bond donors (Lipinski definition) is 1. The fourth-order valence-corrected chi connectivity index (χ4v) is 4.03. The predicted octanol–water partition coefficient (Wildman–Crippen LogP) is 5.79. The number of hydrogen-bond acceptors (Lipinski definition) is 3. The molecule has 0 aliphatic heterocycles. The highest BCUT2D eigenvalue weighted by Crippen LogP contribution is 2.25. The Hall–Kier alpha value is -3.28. The number of H-pyrrole nitrogens is 1. The molecule has 4 aromatic rings. The first-order valence-corrected chi connectivity index (χ1v) is 11.6. The van der Waals surface area contributed by atoms with Crippen LogP contribution < -0.4 is 5.56 Å². The van der Waals surface area contributed by atoms with Crippen molar-refractivity contribution in [2.75, 3.05) is 0 Å². The summed E-state index contributed by atoms with van der Waals surface area (Å²) in [6, 6.07) is 15.2. The maximum Gasteiger partial charge on any atom is 0.266 e. The van der Waals surface area contributed by atoms with Gasteiger partial charge in [0.15, 0.2) is 11.5 Å². The van der Waals surface area contributed by atoms with Gasteiger partial charge in [-0.2, -0.15) is 0 Å². The molecule has 0 radical (unpaired) electrons. The zero-order chi connectivity index (χ0) is 23.6. The highest BCUT2D eigenvalue weighted by molar-refractivity contribution is 5.58. The number of nitrogens with one attached hydrogen (secondary N) is 1. The molecule has 0 spiro atoms. The number of unbranched alkanes of at least 4 members (excludes halogenated alkanes) is 2. The van der Waals surface area contributed by atoms with E-state index in [2.05, 4.69) is 43.0 Å². The molecule has 0 unspecified atom stereocenters. The van der Waals surface area contributed by atoms with E-state index < -0.39 is 0 Å². The van der Waals surface area contributed by atoms with Gasteiger partial charge in [-0.25, -0.2) is 18.9 Å². The standard InChI is InChI=1S/C27H31FN4O/c1-18-16-19(10-15-22(18)28)8-6-5-7-9-23-29-26(30-24-17-25(33)31-32(23)24)20-11-13-21(14-12-20)27(2,3)4/h10-17H,5-9H2,1-4H3,(H,31,33). The van der Waals surface area contributed by atoms with Gasteiger partial charge < -0.3 is 0 Å². The van der Waals surface area contributed by atoms with E-state index in [1.807, 2.05) is 24.3 Å². The van der Waals surface area contributed by atoms with Crippen molar-refractivity contribution in [3.63, 3.8) is 0 Å². The molecule has 2 aromatic carbocycles. The number of nitrogens with zero attached hydrogens (tertiary/aromatic N) is 3. The van der Waals surface area contributed by atoms with Gasteiger partial charge in [0.05, 0.1) is 0 Å². The molecule has 0 aliphatic rings. The van der Waals surface area contributed by atoms with Crippen LogP contribution in [0.1, 0.15) is 62.5 Å². The van der Waals surface area contributed by atoms with E-state index in [9.17, 15) is 9.18 Å². The summed E-state index contributed by atoms with van der Waals surface area (Å²) in [6.07, 6.45) is 4.63. The van der Waals surface area contributed by atoms with E-state index in [1.165, 1.54) is 11.6 Å². The lowest BCUT2D eigenvalue weighted by Gasteiger charge is -2.19. The first-order valence-electron chi connectivity index (χ1n) is 11.6. The molecule has 4 rings (SSSR count). The molecule has 1 N–H and O–H groups in total. The lowest BCUT2D eigenvalue weighted by molar-refractivity contribution is 0.590. The third kappa shape index (κ3) is 5.38. The number of aromatic nitrogens is 4. The quantitative estimate of drug-likeness (QED) is 0.366. The summed E-state index contributed by atoms with van der Waals surface area (Å²) in [4.78, 5) is 21.4. The molecule has 33 heavy (non-hydrogen) atoms. The normalized spacial score (nSPS) is 11.9. The SMILES string of the molecule is Cc1cc(CCCCCc2nc(-c3ccc(C(C)(C)C)cc3)nc3cc(=O)[nH]n23)ccc1F. The summed E-state index contributed by atoms with van der Waals surface area (Å²) in [7, 11) is 0. The average molecular weight is 447 g/mol. The number of halogens is 1. The number of benzene rings is 2. The average Bonchev–Trinajstić information content (AvgIpc) is 3.15. The lowest BCUT2D eigenvalue weighted by atomic mass is 9.87. The Morgan fingerprint density at radius 1 is 0.939 bits per heavy atom. The first-order chi connectivity index (χ1) is 15.7. The summed E-state index contributed by atoms with van der Waals surface area (Å²) in [6.45, 7) is 8.36. The van der Waals surface area contributed by atoms with Crippen molar-refractivity contribution < 1.29 is 4.39 Å². The van der Waals surface area contributed by atoms with Gasteiger partial charge in [0.25, 0.3) is 5.56 Å². The fraction of sp³-hybridized carbons (Fsp3) is 0.370. The van der Waals surface area contributed by atoms with Gasteiger partial charge in [-0.15, -0.1) is 0 Å². The van der Waals surface area contributed by atoms with Crippen LogP contribution in [0.25, 0.3) is 17.0 Å². The summed E-state index contributed by atoms with van der Waals surface area (Å²) in [5, 5.41) is 2.81. The minimum Gasteiger partial charge on any atom is -0.268 e. The van der Waals surface area contributed by atoms with Gasteiger partial charge in [-0.05, 0) is 54.4 Å². The third-order valence-corrected chi connectivity index (χ3v) is 6.02. The Labute approximate surface area is 193 Å². The van der Waals surface area contributed by atoms with Crippen molar-refractivity contribution in [3.05, 3.63) is 87.2 Å². The van der Waals surface area contributed by atoms with Gasteiger partial charge in [-0.3, -0.25) is 9.89 Å². The Morgan fingerprint density at radius 2 is 1.67 bits per heavy atom. The van der Waals surface area contributed by atoms with Crippen LogP contribution in [0.15, 0.2) is 53.3 Å². The van der Waals surface area contributed by atoms with Crippen molar-refractivity contribution >= 4 is 5.65 Å². The Bertz CT molecular complexity index is 1310. The van der Waals surface area contributed by atoms with E-state index in [1.54, 1.807) is 17.5 Å². The van der Waals surface area contributed by atoms with E-state index in [0.29, 0.717) is 17.0 Å². The van der Waals surface area contributed by atoms with Gasteiger partial charge in [-0.1, -0.05) is 63.6 Å². The van der Waals surface area contributed by atoms with E-state index >= 15 is 0 Å². The van der Waals surface area contributed by atoms with Crippen LogP contribution in [-0.2, 0) is 18.3 Å². The monoisotopic (exact) mass is 446 g/mol. The molecule has 0 saturated heterocycles. The molecule has 2 heterocycles. The van der Waals surface area contributed by atoms with Crippen molar-refractivity contribution in [2.24, 2.45) is 0 Å². The number of fused-ring (bicyclic) bond motifs is 1. The second-order valence-electron chi connectivity index (χ2n) is 9.75. The number of aryl methyl sites for hydroxylation is 3. The molecular weight excluding hydrogens is 415 g/mol. The van der Waals surface area contributed by atoms with Crippen LogP contribution in [0.2, 0.25) is 0 Å². The van der Waals surface area contributed by atoms with E-state index in [0.717, 1.165) is 49.1 Å². The summed E-state index contributed by atoms with van der Waals surface area (Å²) in [5.41, 5.74) is 4.52. The van der Waals surface area contributed by atoms with Crippen molar-refractivity contribution in [1.29, 1.82) is 0 Å². The van der Waals surface area contributed by atoms with Crippen LogP contribution in [0.3, 0.4) is 0 Å². The summed E-state index contributed by atoms with van der Waals surface area (Å²) >= 11 is 0. The smallest absolute Gasteiger partial charge is 0.266 e. The van der Waals surface area contributed by atoms with E-state index in [4.69, 9.17) is 4.98 Å². The predicted molar refractivity (Wildman–Crippen MR) is 130 cm³/mol. The van der Waals surface area contributed by atoms with Gasteiger partial charge in [0, 0.05) is 18.1 Å². The molecule has 0 bridgehead atoms. The maximum absolute atomic E-state index is 13.4. The second-order valence-corrected chi connectivity index (χ2v) is 9.75. The topological polar surface area (TPSA) is 63.0 Å². The largest absolute Gasteiger partial charge is 0.268 e. The van der Waals surface area contributed by atoms with Crippen LogP contribution in [0, 0.1) is 12.7 Å². The van der Waals surface area contributed by atoms with Gasteiger partial charge in [0.1, 0.15) is 11.6 Å². The minimum absolute atomic E-state index is 0.0784. The summed E-state index contributed by atoms with van der Waals surface area (Å²) in [5.74, 6) is 1.27. The Kier molecular flexibility index (Phi) is 6.45. The maximum atomic E-state index is 13.4. The molecule has 2 aromatic heterocycles. The second kappa shape index (κ2) is 9.30. The van der Waals surface area contributed by atoms with Crippen LogP contribution in [-0.4, -0.2) is 19.6 Å². The highest BCUT2D eigenvalue weighted by atomic mass is 19.1. The zero-order valence-electron chi connectivity index (χ0n) is 19.8. The van der Waals surface area contributed by atoms with Crippen LogP contribution >= 0.6 is 0 Å². The van der Waals surface area contributed by atoms with Crippen LogP contribution in [0.5, 0.6) is 0 Å². The molecule has 0 amide bonds. The van der Waals surface area contributed by atoms with Gasteiger partial charge in [0.2, 0.25) is 0 Å². The van der Waals surface area contributed by atoms with Crippen molar-refractivity contribution in [2.45, 2.75) is 65.2 Å². The molecule has 0 atom stereocenters. The number of aromatic amines is 1. The molecule has 0 saturated carbocycles. The Morgan fingerprint density at radius 3 is 2.36 bits per heavy atom. The fourth-order valence-electron chi connectivity index (χ4n) is 4.03. The zero-order valence-corrected chi connectivity index (χ0v) is 19.8. The van der Waals surface area contributed by atoms with Crippen molar-refractivity contribution in [3.8, 4) is 11.4 Å². The van der Waals surface area contributed by atoms with Crippen LogP contribution in [0.4, 0.5) is 4.39 Å². The highest BCUT2D eigenvalue weighted by Gasteiger charge is 2.15. The molecule has 6 heteroatoms. The van der Waals surface area contributed by atoms with Gasteiger partial charge >= 0.3 is 0 Å². The molecule has 5 nitrogen and oxygen atoms in total.